The summed E-state index contributed by atoms with van der Waals surface area (Å²) in [6.45, 7) is 9.17. The summed E-state index contributed by atoms with van der Waals surface area (Å²) < 4.78 is 12.0. The number of piperidine rings is 1. The zero-order valence-electron chi connectivity index (χ0n) is 20.8. The molecule has 2 aliphatic rings. The second-order valence-corrected chi connectivity index (χ2v) is 10.1. The maximum absolute atomic E-state index is 12.4. The van der Waals surface area contributed by atoms with Crippen LogP contribution in [0, 0.1) is 5.92 Å². The molecule has 184 valence electrons. The van der Waals surface area contributed by atoms with Crippen molar-refractivity contribution in [2.45, 2.75) is 52.2 Å². The first kappa shape index (κ1) is 24.4. The Balaban J connectivity index is 1.47. The van der Waals surface area contributed by atoms with E-state index in [-0.39, 0.29) is 17.9 Å². The number of rotatable bonds is 4. The molecule has 4 rings (SSSR count). The largest absolute Gasteiger partial charge is 0.507 e. The topological polar surface area (TPSA) is 108 Å². The fourth-order valence-electron chi connectivity index (χ4n) is 4.44. The number of nitrogens with zero attached hydrogens (tertiary/aromatic N) is 4. The summed E-state index contributed by atoms with van der Waals surface area (Å²) in [5.41, 5.74) is 9.40. The lowest BCUT2D eigenvalue weighted by Gasteiger charge is -2.35. The van der Waals surface area contributed by atoms with Gasteiger partial charge in [0.1, 0.15) is 16.9 Å². The van der Waals surface area contributed by atoms with E-state index in [1.165, 1.54) is 0 Å². The lowest BCUT2D eigenvalue weighted by molar-refractivity contribution is 0.0163. The predicted octanol–water partition coefficient (Wildman–Crippen LogP) is 3.66. The maximum atomic E-state index is 12.4. The molecule has 3 N–H and O–H groups in total. The Hall–Kier alpha value is -3.77. The van der Waals surface area contributed by atoms with Crippen molar-refractivity contribution in [3.05, 3.63) is 65.6 Å². The summed E-state index contributed by atoms with van der Waals surface area (Å²) in [4.78, 5) is 14.2. The number of likely N-dealkylation sites (tertiary alicyclic amines) is 1. The lowest BCUT2D eigenvalue weighted by Crippen LogP contribution is -2.42. The third-order valence-corrected chi connectivity index (χ3v) is 6.44. The summed E-state index contributed by atoms with van der Waals surface area (Å²) >= 11 is 0. The Morgan fingerprint density at radius 2 is 1.97 bits per heavy atom. The molecule has 0 unspecified atom stereocenters. The normalized spacial score (nSPS) is 17.8. The minimum Gasteiger partial charge on any atom is -0.507 e. The van der Waals surface area contributed by atoms with E-state index in [1.807, 2.05) is 56.1 Å². The van der Waals surface area contributed by atoms with Crippen LogP contribution in [0.25, 0.3) is 5.57 Å². The average Bonchev–Trinajstić information content (AvgIpc) is 3.22. The number of benzene rings is 1. The van der Waals surface area contributed by atoms with Crippen LogP contribution in [0.4, 0.5) is 4.79 Å². The van der Waals surface area contributed by atoms with Crippen molar-refractivity contribution < 1.29 is 14.6 Å². The van der Waals surface area contributed by atoms with Crippen molar-refractivity contribution in [2.24, 2.45) is 11.7 Å². The minimum absolute atomic E-state index is 0.165. The van der Waals surface area contributed by atoms with Gasteiger partial charge in [0.15, 0.2) is 0 Å². The van der Waals surface area contributed by atoms with Crippen LogP contribution in [0.5, 0.6) is 5.75 Å². The van der Waals surface area contributed by atoms with Crippen LogP contribution in [-0.2, 0) is 4.74 Å². The lowest BCUT2D eigenvalue weighted by atomic mass is 9.90. The van der Waals surface area contributed by atoms with Gasteiger partial charge in [-0.3, -0.25) is 4.68 Å². The summed E-state index contributed by atoms with van der Waals surface area (Å²) in [5, 5.41) is 14.9. The quantitative estimate of drug-likeness (QED) is 0.655. The first-order valence-corrected chi connectivity index (χ1v) is 12.0. The molecule has 1 aromatic heterocycles. The van der Waals surface area contributed by atoms with Gasteiger partial charge in [0, 0.05) is 48.3 Å². The molecular formula is C27H34N5O3+. The van der Waals surface area contributed by atoms with Crippen LogP contribution in [0.1, 0.15) is 57.7 Å². The molecule has 2 aromatic rings. The number of ether oxygens (including phenoxy) is 1. The van der Waals surface area contributed by atoms with Crippen molar-refractivity contribution >= 4 is 23.6 Å². The van der Waals surface area contributed by atoms with Crippen molar-refractivity contribution in [1.29, 1.82) is 0 Å². The van der Waals surface area contributed by atoms with Crippen molar-refractivity contribution in [3.63, 3.8) is 0 Å². The monoisotopic (exact) mass is 476 g/mol. The summed E-state index contributed by atoms with van der Waals surface area (Å²) in [6.07, 6.45) is 10.6. The number of nitrogens with two attached hydrogens (primary N) is 1. The van der Waals surface area contributed by atoms with Crippen LogP contribution < -0.4 is 10.4 Å². The molecule has 0 bridgehead atoms. The predicted molar refractivity (Wildman–Crippen MR) is 138 cm³/mol. The van der Waals surface area contributed by atoms with Crippen LogP contribution in [0.2, 0.25) is 0 Å². The number of aromatic nitrogens is 2. The number of para-hydroxylation sites is 1. The fourth-order valence-corrected chi connectivity index (χ4v) is 4.44. The van der Waals surface area contributed by atoms with Gasteiger partial charge >= 0.3 is 11.8 Å². The van der Waals surface area contributed by atoms with Gasteiger partial charge in [-0.25, -0.2) is 4.79 Å². The zero-order valence-corrected chi connectivity index (χ0v) is 20.8. The Bertz CT molecular complexity index is 1220. The number of hydrogen-bond acceptors (Lipinski definition) is 5. The third-order valence-electron chi connectivity index (χ3n) is 6.44. The number of phenolic OH excluding ortho intramolecular Hbond substituents is 1. The Morgan fingerprint density at radius 1 is 1.26 bits per heavy atom. The average molecular weight is 477 g/mol. The van der Waals surface area contributed by atoms with Crippen LogP contribution in [0.15, 0.2) is 54.5 Å². The molecule has 8 nitrogen and oxygen atoms in total. The molecule has 2 aliphatic heterocycles. The van der Waals surface area contributed by atoms with E-state index in [0.717, 1.165) is 24.0 Å². The van der Waals surface area contributed by atoms with E-state index in [0.29, 0.717) is 36.0 Å². The molecule has 0 saturated carbocycles. The van der Waals surface area contributed by atoms with Crippen molar-refractivity contribution in [2.75, 3.05) is 13.1 Å². The highest BCUT2D eigenvalue weighted by Crippen LogP contribution is 2.30. The summed E-state index contributed by atoms with van der Waals surface area (Å²) in [6, 6.07) is 7.27. The van der Waals surface area contributed by atoms with Crippen LogP contribution in [0.3, 0.4) is 0 Å². The highest BCUT2D eigenvalue weighted by Gasteiger charge is 2.30. The molecule has 1 atom stereocenters. The second kappa shape index (κ2) is 9.84. The van der Waals surface area contributed by atoms with E-state index in [4.69, 9.17) is 10.5 Å². The van der Waals surface area contributed by atoms with Crippen LogP contribution >= 0.6 is 0 Å². The second-order valence-electron chi connectivity index (χ2n) is 10.1. The molecule has 1 saturated heterocycles. The molecule has 35 heavy (non-hydrogen) atoms. The van der Waals surface area contributed by atoms with E-state index in [9.17, 15) is 9.90 Å². The van der Waals surface area contributed by atoms with Gasteiger partial charge in [-0.1, -0.05) is 16.8 Å². The number of carbonyl (C=O) groups excluding carboxylic acids is 1. The smallest absolute Gasteiger partial charge is 0.410 e. The fraction of sp³-hybridized carbons (Fsp3) is 0.407. The minimum atomic E-state index is -0.489. The Labute approximate surface area is 206 Å². The first-order chi connectivity index (χ1) is 16.6. The number of carbonyl (C=O) groups is 1. The van der Waals surface area contributed by atoms with E-state index in [2.05, 4.69) is 16.7 Å². The third kappa shape index (κ3) is 5.66. The Morgan fingerprint density at radius 3 is 2.66 bits per heavy atom. The molecule has 0 radical (unpaired) electrons. The standard InChI is InChI=1S/C27H33N5O3/c1-18(19-10-13-31(14-11-19)26(34)35-27(2,3)4)32-17-20(16-30-32)22-15-24(29-12-9-23(22)28)21-7-5-6-8-25(21)33/h5-9,12,15-19H,10-11,13-14H2,1-4H3,(H2,28,29,33)/p+1/t18-/m1/s1. The van der Waals surface area contributed by atoms with Gasteiger partial charge < -0.3 is 20.5 Å². The summed E-state index contributed by atoms with van der Waals surface area (Å²) in [7, 11) is 0. The van der Waals surface area contributed by atoms with Crippen LogP contribution in [-0.4, -0.2) is 56.5 Å². The Kier molecular flexibility index (Phi) is 6.85. The number of amides is 1. The highest BCUT2D eigenvalue weighted by molar-refractivity contribution is 6.16. The van der Waals surface area contributed by atoms with Gasteiger partial charge in [-0.2, -0.15) is 5.10 Å². The summed E-state index contributed by atoms with van der Waals surface area (Å²) in [5.74, 6) is 0.557. The van der Waals surface area contributed by atoms with E-state index in [1.54, 1.807) is 29.3 Å². The number of allylic oxidation sites excluding steroid dienone is 3. The van der Waals surface area contributed by atoms with E-state index >= 15 is 0 Å². The molecule has 0 spiro atoms. The maximum Gasteiger partial charge on any atom is 0.410 e. The molecule has 8 heteroatoms. The molecule has 1 fully saturated rings. The van der Waals surface area contributed by atoms with Gasteiger partial charge in [-0.05, 0) is 58.6 Å². The van der Waals surface area contributed by atoms with Gasteiger partial charge in [0.2, 0.25) is 0 Å². The molecular weight excluding hydrogens is 442 g/mol. The van der Waals surface area contributed by atoms with Gasteiger partial charge in [0.05, 0.1) is 12.2 Å². The van der Waals surface area contributed by atoms with Crippen molar-refractivity contribution in [1.82, 2.24) is 19.3 Å². The molecule has 1 aromatic carbocycles. The highest BCUT2D eigenvalue weighted by atomic mass is 16.6. The molecule has 1 amide bonds. The number of aromatic hydroxyl groups is 1. The number of hydrogen-bond donors (Lipinski definition) is 2. The first-order valence-electron chi connectivity index (χ1n) is 12.0. The molecule has 3 heterocycles. The van der Waals surface area contributed by atoms with E-state index < -0.39 is 5.60 Å². The number of phenols is 1. The van der Waals surface area contributed by atoms with Gasteiger partial charge in [0.25, 0.3) is 6.21 Å². The molecule has 0 aliphatic carbocycles. The zero-order chi connectivity index (χ0) is 25.2. The SMILES string of the molecule is C[C@H](C1CCN(C(=O)OC(C)(C)C)CC1)n1cc(C2=CC(c3ccccc3O)=[N+]=CC=C2N)cn1. The van der Waals surface area contributed by atoms with Gasteiger partial charge in [-0.15, -0.1) is 0 Å². The van der Waals surface area contributed by atoms with Crippen molar-refractivity contribution in [3.8, 4) is 5.75 Å².